The number of amides is 1. The zero-order chi connectivity index (χ0) is 17.5. The van der Waals surface area contributed by atoms with Crippen molar-refractivity contribution < 1.29 is 9.53 Å². The fourth-order valence-corrected chi connectivity index (χ4v) is 2.53. The molecule has 0 aliphatic rings. The molecule has 2 rings (SSSR count). The summed E-state index contributed by atoms with van der Waals surface area (Å²) < 4.78 is 5.24. The summed E-state index contributed by atoms with van der Waals surface area (Å²) in [5, 5.41) is 6.92. The monoisotopic (exact) mass is 346 g/mol. The lowest BCUT2D eigenvalue weighted by Gasteiger charge is -2.24. The fourth-order valence-electron chi connectivity index (χ4n) is 2.36. The minimum Gasteiger partial charge on any atom is -0.496 e. The molecule has 128 valence electrons. The van der Waals surface area contributed by atoms with Gasteiger partial charge in [0.2, 0.25) is 0 Å². The van der Waals surface area contributed by atoms with Crippen LogP contribution in [-0.4, -0.2) is 25.6 Å². The SMILES string of the molecule is COc1ccc(Cl)cc1C(=O)NCC(Nc1ccccc1)C(C)C. The van der Waals surface area contributed by atoms with Gasteiger partial charge in [-0.25, -0.2) is 0 Å². The minimum absolute atomic E-state index is 0.113. The summed E-state index contributed by atoms with van der Waals surface area (Å²) in [6.07, 6.45) is 0. The molecule has 0 radical (unpaired) electrons. The maximum Gasteiger partial charge on any atom is 0.255 e. The van der Waals surface area contributed by atoms with Crippen LogP contribution in [-0.2, 0) is 0 Å². The lowest BCUT2D eigenvalue weighted by Crippen LogP contribution is -2.39. The van der Waals surface area contributed by atoms with E-state index >= 15 is 0 Å². The zero-order valence-electron chi connectivity index (χ0n) is 14.2. The van der Waals surface area contributed by atoms with Crippen LogP contribution in [0.5, 0.6) is 5.75 Å². The topological polar surface area (TPSA) is 50.4 Å². The Balaban J connectivity index is 2.04. The Morgan fingerprint density at radius 2 is 1.88 bits per heavy atom. The molecule has 0 spiro atoms. The Hall–Kier alpha value is -2.20. The maximum absolute atomic E-state index is 12.5. The Morgan fingerprint density at radius 3 is 2.50 bits per heavy atom. The van der Waals surface area contributed by atoms with Gasteiger partial charge in [-0.3, -0.25) is 4.79 Å². The fraction of sp³-hybridized carbons (Fsp3) is 0.316. The van der Waals surface area contributed by atoms with E-state index in [1.165, 1.54) is 7.11 Å². The molecule has 1 amide bonds. The molecular formula is C19H23ClN2O2. The van der Waals surface area contributed by atoms with Gasteiger partial charge in [0.15, 0.2) is 0 Å². The molecule has 0 aromatic heterocycles. The summed E-state index contributed by atoms with van der Waals surface area (Å²) in [6.45, 7) is 4.74. The summed E-state index contributed by atoms with van der Waals surface area (Å²) in [5.74, 6) is 0.663. The Labute approximate surface area is 148 Å². The van der Waals surface area contributed by atoms with Crippen molar-refractivity contribution in [3.63, 3.8) is 0 Å². The van der Waals surface area contributed by atoms with Gasteiger partial charge < -0.3 is 15.4 Å². The van der Waals surface area contributed by atoms with E-state index in [0.717, 1.165) is 5.69 Å². The molecule has 0 saturated heterocycles. The molecule has 0 fully saturated rings. The number of anilines is 1. The second-order valence-electron chi connectivity index (χ2n) is 5.92. The Kier molecular flexibility index (Phi) is 6.50. The van der Waals surface area contributed by atoms with Crippen molar-refractivity contribution in [3.05, 3.63) is 59.1 Å². The molecule has 0 aliphatic carbocycles. The van der Waals surface area contributed by atoms with E-state index < -0.39 is 0 Å². The molecule has 24 heavy (non-hydrogen) atoms. The molecular weight excluding hydrogens is 324 g/mol. The second-order valence-corrected chi connectivity index (χ2v) is 6.35. The standard InChI is InChI=1S/C19H23ClN2O2/c1-13(2)17(22-15-7-5-4-6-8-15)12-21-19(23)16-11-14(20)9-10-18(16)24-3/h4-11,13,17,22H,12H2,1-3H3,(H,21,23). The molecule has 2 aromatic carbocycles. The number of carbonyl (C=O) groups excluding carboxylic acids is 1. The van der Waals surface area contributed by atoms with E-state index in [4.69, 9.17) is 16.3 Å². The first-order valence-corrected chi connectivity index (χ1v) is 8.32. The molecule has 0 aliphatic heterocycles. The van der Waals surface area contributed by atoms with Crippen LogP contribution in [0.2, 0.25) is 5.02 Å². The highest BCUT2D eigenvalue weighted by molar-refractivity contribution is 6.31. The molecule has 5 heteroatoms. The van der Waals surface area contributed by atoms with Gasteiger partial charge in [-0.05, 0) is 36.2 Å². The first-order chi connectivity index (χ1) is 11.5. The largest absolute Gasteiger partial charge is 0.496 e. The van der Waals surface area contributed by atoms with E-state index in [2.05, 4.69) is 24.5 Å². The number of hydrogen-bond acceptors (Lipinski definition) is 3. The molecule has 2 N–H and O–H groups in total. The minimum atomic E-state index is -0.199. The smallest absolute Gasteiger partial charge is 0.255 e. The number of halogens is 1. The number of benzene rings is 2. The Morgan fingerprint density at radius 1 is 1.17 bits per heavy atom. The van der Waals surface area contributed by atoms with Gasteiger partial charge in [0.05, 0.1) is 12.7 Å². The van der Waals surface area contributed by atoms with Crippen molar-refractivity contribution >= 4 is 23.2 Å². The highest BCUT2D eigenvalue weighted by Crippen LogP contribution is 2.22. The van der Waals surface area contributed by atoms with Crippen LogP contribution in [0.15, 0.2) is 48.5 Å². The molecule has 2 aromatic rings. The number of para-hydroxylation sites is 1. The van der Waals surface area contributed by atoms with Gasteiger partial charge >= 0.3 is 0 Å². The first-order valence-electron chi connectivity index (χ1n) is 7.94. The molecule has 1 unspecified atom stereocenters. The lowest BCUT2D eigenvalue weighted by molar-refractivity contribution is 0.0947. The number of carbonyl (C=O) groups is 1. The van der Waals surface area contributed by atoms with Crippen LogP contribution < -0.4 is 15.4 Å². The number of nitrogens with one attached hydrogen (secondary N) is 2. The van der Waals surface area contributed by atoms with Gasteiger partial charge in [0.25, 0.3) is 5.91 Å². The summed E-state index contributed by atoms with van der Waals surface area (Å²) in [7, 11) is 1.54. The predicted molar refractivity (Wildman–Crippen MR) is 99.0 cm³/mol. The summed E-state index contributed by atoms with van der Waals surface area (Å²) in [4.78, 5) is 12.5. The van der Waals surface area contributed by atoms with Gasteiger partial charge in [-0.2, -0.15) is 0 Å². The highest BCUT2D eigenvalue weighted by Gasteiger charge is 2.17. The van der Waals surface area contributed by atoms with Crippen molar-refractivity contribution in [2.24, 2.45) is 5.92 Å². The van der Waals surface area contributed by atoms with Crippen LogP contribution >= 0.6 is 11.6 Å². The van der Waals surface area contributed by atoms with Gasteiger partial charge in [0.1, 0.15) is 5.75 Å². The van der Waals surface area contributed by atoms with Crippen molar-refractivity contribution in [3.8, 4) is 5.75 Å². The summed E-state index contributed by atoms with van der Waals surface area (Å²) >= 11 is 5.99. The van der Waals surface area contributed by atoms with Crippen molar-refractivity contribution in [2.75, 3.05) is 19.0 Å². The van der Waals surface area contributed by atoms with Crippen LogP contribution in [0, 0.1) is 5.92 Å². The third-order valence-corrected chi connectivity index (χ3v) is 4.05. The predicted octanol–water partition coefficient (Wildman–Crippen LogP) is 4.22. The van der Waals surface area contributed by atoms with E-state index in [0.29, 0.717) is 28.8 Å². The third kappa shape index (κ3) is 4.90. The van der Waals surface area contributed by atoms with Crippen LogP contribution in [0.1, 0.15) is 24.2 Å². The number of ether oxygens (including phenoxy) is 1. The van der Waals surface area contributed by atoms with E-state index in [1.54, 1.807) is 18.2 Å². The van der Waals surface area contributed by atoms with Crippen LogP contribution in [0.4, 0.5) is 5.69 Å². The highest BCUT2D eigenvalue weighted by atomic mass is 35.5. The van der Waals surface area contributed by atoms with Crippen LogP contribution in [0.25, 0.3) is 0 Å². The number of methoxy groups -OCH3 is 1. The summed E-state index contributed by atoms with van der Waals surface area (Å²) in [6, 6.07) is 15.1. The van der Waals surface area contributed by atoms with E-state index in [-0.39, 0.29) is 11.9 Å². The molecule has 1 atom stereocenters. The van der Waals surface area contributed by atoms with Crippen molar-refractivity contribution in [1.29, 1.82) is 0 Å². The molecule has 4 nitrogen and oxygen atoms in total. The second kappa shape index (κ2) is 8.60. The molecule has 0 heterocycles. The van der Waals surface area contributed by atoms with Crippen molar-refractivity contribution in [2.45, 2.75) is 19.9 Å². The normalized spacial score (nSPS) is 11.9. The lowest BCUT2D eigenvalue weighted by atomic mass is 10.0. The van der Waals surface area contributed by atoms with Crippen molar-refractivity contribution in [1.82, 2.24) is 5.32 Å². The van der Waals surface area contributed by atoms with Gasteiger partial charge in [0, 0.05) is 23.3 Å². The quantitative estimate of drug-likeness (QED) is 0.789. The number of hydrogen-bond donors (Lipinski definition) is 2. The van der Waals surface area contributed by atoms with E-state index in [9.17, 15) is 4.79 Å². The average molecular weight is 347 g/mol. The van der Waals surface area contributed by atoms with Gasteiger partial charge in [-0.15, -0.1) is 0 Å². The maximum atomic E-state index is 12.5. The zero-order valence-corrected chi connectivity index (χ0v) is 14.9. The van der Waals surface area contributed by atoms with Crippen LogP contribution in [0.3, 0.4) is 0 Å². The third-order valence-electron chi connectivity index (χ3n) is 3.82. The van der Waals surface area contributed by atoms with Gasteiger partial charge in [-0.1, -0.05) is 43.6 Å². The first kappa shape index (κ1) is 18.1. The molecule has 0 saturated carbocycles. The average Bonchev–Trinajstić information content (AvgIpc) is 2.58. The van der Waals surface area contributed by atoms with E-state index in [1.807, 2.05) is 30.3 Å². The number of rotatable bonds is 7. The Bertz CT molecular complexity index is 674. The summed E-state index contributed by atoms with van der Waals surface area (Å²) in [5.41, 5.74) is 1.47. The molecule has 0 bridgehead atoms.